The summed E-state index contributed by atoms with van der Waals surface area (Å²) >= 11 is 0. The molecule has 468 valence electrons. The van der Waals surface area contributed by atoms with Crippen LogP contribution in [0.1, 0.15) is 265 Å². The lowest BCUT2D eigenvalue weighted by Gasteiger charge is -2.21. The van der Waals surface area contributed by atoms with Gasteiger partial charge in [-0.3, -0.25) is 23.4 Å². The molecule has 0 radical (unpaired) electrons. The van der Waals surface area contributed by atoms with Gasteiger partial charge in [0.2, 0.25) is 0 Å². The zero-order valence-corrected chi connectivity index (χ0v) is 52.8. The van der Waals surface area contributed by atoms with Crippen LogP contribution in [-0.4, -0.2) is 66.5 Å². The standard InChI is InChI=1S/C70H117O11P/c1-4-7-10-13-16-19-22-25-28-31-33-36-38-41-44-47-50-53-56-59-68(72)77-63-67(81-70(74)61-58-55-52-49-46-43-40-37-34-32-29-26-23-20-17-14-11-8-5-2)65-79-82(75,76)78-64-66(62-71)80-69(73)60-57-54-51-48-45-42-39-35-30-27-24-21-18-15-12-9-6-3/h8,11,16-17,19-20,25-30,33-34,36-37,43,46,52,55,66-67,71H,4-7,9-10,12-15,18,21-24,31-32,35,38-42,44-45,47-51,53-54,56-65H2,1-3H3,(H,75,76)/b11-8-,19-16-,20-17-,28-25-,29-26-,30-27-,36-33-,37-34-,46-43-,55-52-. The first-order valence-electron chi connectivity index (χ1n) is 32.4. The molecule has 82 heavy (non-hydrogen) atoms. The Balaban J connectivity index is 4.84. The van der Waals surface area contributed by atoms with Gasteiger partial charge in [0, 0.05) is 19.3 Å². The number of rotatable bonds is 59. The lowest BCUT2D eigenvalue weighted by molar-refractivity contribution is -0.161. The highest BCUT2D eigenvalue weighted by Gasteiger charge is 2.28. The Morgan fingerprint density at radius 3 is 1.09 bits per heavy atom. The molecular formula is C70H117O11P. The van der Waals surface area contributed by atoms with Gasteiger partial charge < -0.3 is 24.2 Å². The van der Waals surface area contributed by atoms with Crippen LogP contribution >= 0.6 is 7.82 Å². The van der Waals surface area contributed by atoms with Crippen LogP contribution < -0.4 is 0 Å². The molecule has 0 aromatic carbocycles. The fourth-order valence-electron chi connectivity index (χ4n) is 8.44. The van der Waals surface area contributed by atoms with Crippen molar-refractivity contribution in [3.63, 3.8) is 0 Å². The number of hydrogen-bond donors (Lipinski definition) is 2. The third-order valence-corrected chi connectivity index (χ3v) is 14.3. The lowest BCUT2D eigenvalue weighted by Crippen LogP contribution is -2.30. The van der Waals surface area contributed by atoms with Crippen molar-refractivity contribution in [2.45, 2.75) is 277 Å². The highest BCUT2D eigenvalue weighted by atomic mass is 31.2. The molecule has 0 fully saturated rings. The molecular weight excluding hydrogens is 1050 g/mol. The maximum atomic E-state index is 13.0. The molecule has 0 aromatic heterocycles. The van der Waals surface area contributed by atoms with Gasteiger partial charge in [0.1, 0.15) is 12.7 Å². The Labute approximate surface area is 500 Å². The molecule has 0 saturated heterocycles. The van der Waals surface area contributed by atoms with E-state index < -0.39 is 57.8 Å². The first-order chi connectivity index (χ1) is 40.2. The van der Waals surface area contributed by atoms with Crippen molar-refractivity contribution in [1.29, 1.82) is 0 Å². The van der Waals surface area contributed by atoms with Gasteiger partial charge in [0.25, 0.3) is 0 Å². The van der Waals surface area contributed by atoms with Gasteiger partial charge in [-0.15, -0.1) is 0 Å². The molecule has 3 atom stereocenters. The normalized spacial score (nSPS) is 14.1. The molecule has 12 heteroatoms. The third-order valence-electron chi connectivity index (χ3n) is 13.4. The van der Waals surface area contributed by atoms with Crippen LogP contribution in [0.2, 0.25) is 0 Å². The number of allylic oxidation sites excluding steroid dienone is 20. The van der Waals surface area contributed by atoms with Crippen molar-refractivity contribution in [3.8, 4) is 0 Å². The Morgan fingerprint density at radius 2 is 0.659 bits per heavy atom. The summed E-state index contributed by atoms with van der Waals surface area (Å²) in [5, 5.41) is 9.86. The largest absolute Gasteiger partial charge is 0.472 e. The highest BCUT2D eigenvalue weighted by molar-refractivity contribution is 7.47. The van der Waals surface area contributed by atoms with Crippen LogP contribution in [0, 0.1) is 0 Å². The third kappa shape index (κ3) is 60.5. The SMILES string of the molecule is CC/C=C\C/C=C\C/C=C\C/C=C\C/C=C\C/C=C\CCC(=O)OC(COC(=O)CCCCCCCC/C=C\C/C=C\C/C=C\CCCCC)COP(=O)(O)OCC(CO)OC(=O)CCCCCCCCC/C=C\CCCCCCCC. The van der Waals surface area contributed by atoms with Crippen LogP contribution in [0.5, 0.6) is 0 Å². The minimum absolute atomic E-state index is 0.0337. The molecule has 2 N–H and O–H groups in total. The first kappa shape index (κ1) is 77.9. The predicted octanol–water partition coefficient (Wildman–Crippen LogP) is 19.9. The number of ether oxygens (including phenoxy) is 3. The molecule has 0 aliphatic carbocycles. The number of phosphoric ester groups is 1. The zero-order valence-electron chi connectivity index (χ0n) is 51.9. The van der Waals surface area contributed by atoms with Crippen LogP contribution in [0.15, 0.2) is 122 Å². The maximum Gasteiger partial charge on any atom is 0.472 e. The summed E-state index contributed by atoms with van der Waals surface area (Å²) in [7, 11) is -4.79. The Bertz CT molecular complexity index is 1840. The van der Waals surface area contributed by atoms with Crippen molar-refractivity contribution in [1.82, 2.24) is 0 Å². The summed E-state index contributed by atoms with van der Waals surface area (Å²) in [5.41, 5.74) is 0. The van der Waals surface area contributed by atoms with Gasteiger partial charge in [-0.2, -0.15) is 0 Å². The number of unbranched alkanes of at least 4 members (excludes halogenated alkanes) is 22. The molecule has 3 unspecified atom stereocenters. The first-order valence-corrected chi connectivity index (χ1v) is 33.9. The number of carbonyl (C=O) groups excluding carboxylic acids is 3. The summed E-state index contributed by atoms with van der Waals surface area (Å²) in [6.07, 6.45) is 78.7. The second kappa shape index (κ2) is 62.9. The molecule has 0 rings (SSSR count). The second-order valence-corrected chi connectivity index (χ2v) is 22.6. The Kier molecular flexibility index (Phi) is 59.8. The molecule has 11 nitrogen and oxygen atoms in total. The van der Waals surface area contributed by atoms with E-state index in [1.54, 1.807) is 0 Å². The van der Waals surface area contributed by atoms with Crippen molar-refractivity contribution in [3.05, 3.63) is 122 Å². The molecule has 0 aliphatic heterocycles. The van der Waals surface area contributed by atoms with Crippen molar-refractivity contribution in [2.75, 3.05) is 26.4 Å². The monoisotopic (exact) mass is 1160 g/mol. The van der Waals surface area contributed by atoms with Crippen LogP contribution in [0.4, 0.5) is 0 Å². The van der Waals surface area contributed by atoms with Gasteiger partial charge in [0.05, 0.1) is 19.8 Å². The highest BCUT2D eigenvalue weighted by Crippen LogP contribution is 2.43. The van der Waals surface area contributed by atoms with E-state index in [1.165, 1.54) is 89.9 Å². The number of hydrogen-bond acceptors (Lipinski definition) is 10. The van der Waals surface area contributed by atoms with E-state index in [4.69, 9.17) is 23.3 Å². The predicted molar refractivity (Wildman–Crippen MR) is 343 cm³/mol. The van der Waals surface area contributed by atoms with E-state index in [1.807, 2.05) is 12.2 Å². The average Bonchev–Trinajstić information content (AvgIpc) is 3.50. The van der Waals surface area contributed by atoms with Crippen LogP contribution in [0.25, 0.3) is 0 Å². The average molecular weight is 1170 g/mol. The quantitative estimate of drug-likeness (QED) is 0.0197. The van der Waals surface area contributed by atoms with Crippen LogP contribution in [0.3, 0.4) is 0 Å². The zero-order chi connectivity index (χ0) is 59.8. The van der Waals surface area contributed by atoms with E-state index >= 15 is 0 Å². The molecule has 0 aliphatic rings. The summed E-state index contributed by atoms with van der Waals surface area (Å²) in [6.45, 7) is 4.41. The smallest absolute Gasteiger partial charge is 0.462 e. The topological polar surface area (TPSA) is 155 Å². The minimum atomic E-state index is -4.79. The number of aliphatic hydroxyl groups is 1. The Morgan fingerprint density at radius 1 is 0.354 bits per heavy atom. The molecule has 0 amide bonds. The van der Waals surface area contributed by atoms with Gasteiger partial charge in [-0.25, -0.2) is 4.57 Å². The van der Waals surface area contributed by atoms with E-state index in [0.717, 1.165) is 109 Å². The second-order valence-electron chi connectivity index (χ2n) is 21.2. The molecule has 0 saturated carbocycles. The molecule has 0 heterocycles. The van der Waals surface area contributed by atoms with Crippen molar-refractivity contribution in [2.24, 2.45) is 0 Å². The number of carbonyl (C=O) groups is 3. The molecule has 0 aromatic rings. The number of phosphoric acid groups is 1. The summed E-state index contributed by atoms with van der Waals surface area (Å²) in [6, 6.07) is 0. The van der Waals surface area contributed by atoms with Crippen molar-refractivity contribution < 1.29 is 52.2 Å². The maximum absolute atomic E-state index is 13.0. The summed E-state index contributed by atoms with van der Waals surface area (Å²) in [5.74, 6) is -1.59. The van der Waals surface area contributed by atoms with Crippen molar-refractivity contribution >= 4 is 25.7 Å². The fourth-order valence-corrected chi connectivity index (χ4v) is 9.23. The van der Waals surface area contributed by atoms with E-state index in [2.05, 4.69) is 130 Å². The van der Waals surface area contributed by atoms with Gasteiger partial charge in [0.15, 0.2) is 6.10 Å². The molecule has 0 spiro atoms. The van der Waals surface area contributed by atoms with E-state index in [9.17, 15) is 28.9 Å². The number of esters is 3. The van der Waals surface area contributed by atoms with Gasteiger partial charge in [-0.05, 0) is 122 Å². The van der Waals surface area contributed by atoms with Gasteiger partial charge >= 0.3 is 25.7 Å². The summed E-state index contributed by atoms with van der Waals surface area (Å²) in [4.78, 5) is 48.7. The fraction of sp³-hybridized carbons (Fsp3) is 0.671. The molecule has 0 bridgehead atoms. The van der Waals surface area contributed by atoms with E-state index in [0.29, 0.717) is 25.7 Å². The summed E-state index contributed by atoms with van der Waals surface area (Å²) < 4.78 is 39.6. The van der Waals surface area contributed by atoms with Gasteiger partial charge in [-0.1, -0.05) is 245 Å². The van der Waals surface area contributed by atoms with Crippen LogP contribution in [-0.2, 0) is 42.2 Å². The minimum Gasteiger partial charge on any atom is -0.462 e. The Hall–Kier alpha value is -4.12. The van der Waals surface area contributed by atoms with E-state index in [-0.39, 0.29) is 25.9 Å². The lowest BCUT2D eigenvalue weighted by atomic mass is 10.1. The number of aliphatic hydroxyl groups excluding tert-OH is 1.